The van der Waals surface area contributed by atoms with Crippen LogP contribution in [0.4, 0.5) is 0 Å². The highest BCUT2D eigenvalue weighted by atomic mass is 16.5. The van der Waals surface area contributed by atoms with Crippen molar-refractivity contribution < 1.29 is 33.8 Å². The van der Waals surface area contributed by atoms with E-state index in [1.807, 2.05) is 6.07 Å². The third kappa shape index (κ3) is 8.07. The molecule has 1 aliphatic heterocycles. The molecule has 1 aliphatic rings. The van der Waals surface area contributed by atoms with E-state index in [0.717, 1.165) is 5.56 Å². The van der Waals surface area contributed by atoms with Gasteiger partial charge in [0.25, 0.3) is 5.91 Å². The van der Waals surface area contributed by atoms with E-state index >= 15 is 0 Å². The minimum Gasteiger partial charge on any atom is -0.480 e. The predicted octanol–water partition coefficient (Wildman–Crippen LogP) is -1.12. The minimum absolute atomic E-state index is 0.0410. The largest absolute Gasteiger partial charge is 0.480 e. The van der Waals surface area contributed by atoms with Gasteiger partial charge >= 0.3 is 5.97 Å². The van der Waals surface area contributed by atoms with Gasteiger partial charge in [-0.2, -0.15) is 0 Å². The number of rotatable bonds is 11. The maximum Gasteiger partial charge on any atom is 0.329 e. The normalized spacial score (nSPS) is 17.9. The molecule has 4 amide bonds. The first kappa shape index (κ1) is 27.2. The van der Waals surface area contributed by atoms with Crippen LogP contribution in [0.1, 0.15) is 28.9 Å². The van der Waals surface area contributed by atoms with Crippen LogP contribution >= 0.6 is 0 Å². The van der Waals surface area contributed by atoms with Gasteiger partial charge in [0, 0.05) is 31.4 Å². The second kappa shape index (κ2) is 13.1. The second-order valence-electron chi connectivity index (χ2n) is 8.43. The number of primary amides is 1. The zero-order valence-electron chi connectivity index (χ0n) is 19.9. The zero-order valence-corrected chi connectivity index (χ0v) is 19.9. The van der Waals surface area contributed by atoms with Crippen molar-refractivity contribution in [3.63, 3.8) is 0 Å². The number of likely N-dealkylation sites (tertiary alicyclic amines) is 1. The van der Waals surface area contributed by atoms with Crippen molar-refractivity contribution in [3.05, 3.63) is 60.2 Å². The number of piperidine rings is 1. The van der Waals surface area contributed by atoms with E-state index in [0.29, 0.717) is 6.42 Å². The molecule has 0 bridgehead atoms. The first-order valence-corrected chi connectivity index (χ1v) is 11.5. The summed E-state index contributed by atoms with van der Waals surface area (Å²) in [6, 6.07) is 6.37. The molecule has 1 aromatic carbocycles. The van der Waals surface area contributed by atoms with Gasteiger partial charge < -0.3 is 31.1 Å². The molecule has 1 saturated heterocycles. The molecule has 0 spiro atoms. The van der Waals surface area contributed by atoms with Gasteiger partial charge in [0.2, 0.25) is 17.7 Å². The van der Waals surface area contributed by atoms with Gasteiger partial charge in [0.1, 0.15) is 31.0 Å². The molecular formula is C24H28N6O7. The lowest BCUT2D eigenvalue weighted by Gasteiger charge is -2.39. The van der Waals surface area contributed by atoms with E-state index in [2.05, 4.69) is 20.6 Å². The molecule has 0 saturated carbocycles. The van der Waals surface area contributed by atoms with Crippen LogP contribution in [0.25, 0.3) is 0 Å². The fourth-order valence-corrected chi connectivity index (χ4v) is 3.97. The molecule has 196 valence electrons. The highest BCUT2D eigenvalue weighted by molar-refractivity contribution is 5.93. The van der Waals surface area contributed by atoms with E-state index in [-0.39, 0.29) is 25.1 Å². The number of nitrogens with one attached hydrogen (secondary N) is 2. The first-order valence-electron chi connectivity index (χ1n) is 11.5. The lowest BCUT2D eigenvalue weighted by molar-refractivity contribution is -0.150. The quantitative estimate of drug-likeness (QED) is 0.288. The maximum atomic E-state index is 13.3. The smallest absolute Gasteiger partial charge is 0.329 e. The van der Waals surface area contributed by atoms with Crippen LogP contribution in [0.2, 0.25) is 0 Å². The van der Waals surface area contributed by atoms with Crippen LogP contribution in [0.5, 0.6) is 0 Å². The third-order valence-electron chi connectivity index (χ3n) is 5.75. The van der Waals surface area contributed by atoms with E-state index in [1.54, 1.807) is 24.3 Å². The maximum absolute atomic E-state index is 13.3. The Hall–Kier alpha value is -4.39. The molecule has 0 radical (unpaired) electrons. The van der Waals surface area contributed by atoms with E-state index in [4.69, 9.17) is 15.6 Å². The average molecular weight is 513 g/mol. The van der Waals surface area contributed by atoms with Crippen molar-refractivity contribution in [2.75, 3.05) is 19.8 Å². The van der Waals surface area contributed by atoms with Gasteiger partial charge in [0.05, 0.1) is 6.20 Å². The summed E-state index contributed by atoms with van der Waals surface area (Å²) in [5.41, 5.74) is 6.40. The Morgan fingerprint density at radius 2 is 1.89 bits per heavy atom. The van der Waals surface area contributed by atoms with Crippen LogP contribution in [0, 0.1) is 0 Å². The Bertz CT molecular complexity index is 1120. The molecule has 1 fully saturated rings. The van der Waals surface area contributed by atoms with Crippen LogP contribution in [-0.4, -0.2) is 87.5 Å². The summed E-state index contributed by atoms with van der Waals surface area (Å²) in [7, 11) is 0. The minimum atomic E-state index is -1.24. The van der Waals surface area contributed by atoms with Gasteiger partial charge in [-0.1, -0.05) is 30.3 Å². The molecule has 3 atom stereocenters. The fourth-order valence-electron chi connectivity index (χ4n) is 3.97. The molecule has 5 N–H and O–H groups in total. The fraction of sp³-hybridized carbons (Fsp3) is 0.375. The molecule has 37 heavy (non-hydrogen) atoms. The van der Waals surface area contributed by atoms with Crippen LogP contribution < -0.4 is 16.4 Å². The third-order valence-corrected chi connectivity index (χ3v) is 5.75. The van der Waals surface area contributed by atoms with E-state index in [1.165, 1.54) is 23.5 Å². The number of amides is 4. The van der Waals surface area contributed by atoms with Crippen molar-refractivity contribution in [2.45, 2.75) is 37.4 Å². The number of hydrogen-bond donors (Lipinski definition) is 4. The molecule has 3 rings (SSSR count). The van der Waals surface area contributed by atoms with E-state index < -0.39 is 60.9 Å². The summed E-state index contributed by atoms with van der Waals surface area (Å²) in [6.07, 6.45) is 4.62. The lowest BCUT2D eigenvalue weighted by Crippen LogP contribution is -2.60. The van der Waals surface area contributed by atoms with Crippen molar-refractivity contribution in [3.8, 4) is 0 Å². The average Bonchev–Trinajstić information content (AvgIpc) is 2.89. The SMILES string of the molecule is NC(=O)[C@@H](Cc1ccccc1)NC(=O)[C@H]1C[C@@H](NC(=O)c2cnccn2)CCN1C(=O)COCC(=O)O. The highest BCUT2D eigenvalue weighted by Crippen LogP contribution is 2.19. The predicted molar refractivity (Wildman–Crippen MR) is 128 cm³/mol. The Balaban J connectivity index is 1.73. The highest BCUT2D eigenvalue weighted by Gasteiger charge is 2.38. The number of nitrogens with zero attached hydrogens (tertiary/aromatic N) is 3. The number of carbonyl (C=O) groups excluding carboxylic acids is 4. The number of hydrogen-bond acceptors (Lipinski definition) is 8. The Kier molecular flexibility index (Phi) is 9.61. The van der Waals surface area contributed by atoms with Crippen molar-refractivity contribution in [2.24, 2.45) is 5.73 Å². The second-order valence-corrected chi connectivity index (χ2v) is 8.43. The Morgan fingerprint density at radius 1 is 1.14 bits per heavy atom. The molecule has 13 heteroatoms. The molecular weight excluding hydrogens is 484 g/mol. The number of nitrogens with two attached hydrogens (primary N) is 1. The summed E-state index contributed by atoms with van der Waals surface area (Å²) >= 11 is 0. The monoisotopic (exact) mass is 512 g/mol. The van der Waals surface area contributed by atoms with Crippen LogP contribution in [-0.2, 0) is 30.3 Å². The van der Waals surface area contributed by atoms with Gasteiger partial charge in [0.15, 0.2) is 0 Å². The zero-order chi connectivity index (χ0) is 26.8. The van der Waals surface area contributed by atoms with Crippen molar-refractivity contribution in [1.82, 2.24) is 25.5 Å². The van der Waals surface area contributed by atoms with Gasteiger partial charge in [-0.05, 0) is 18.4 Å². The van der Waals surface area contributed by atoms with Crippen LogP contribution in [0.15, 0.2) is 48.9 Å². The summed E-state index contributed by atoms with van der Waals surface area (Å²) in [5.74, 6) is -3.70. The number of benzene rings is 1. The molecule has 2 heterocycles. The number of aliphatic carboxylic acids is 1. The van der Waals surface area contributed by atoms with E-state index in [9.17, 15) is 24.0 Å². The van der Waals surface area contributed by atoms with Gasteiger partial charge in [-0.15, -0.1) is 0 Å². The first-order chi connectivity index (χ1) is 17.7. The summed E-state index contributed by atoms with van der Waals surface area (Å²) in [6.45, 7) is -1.14. The number of ether oxygens (including phenoxy) is 1. The standard InChI is InChI=1S/C24H28N6O7/c25-22(34)17(10-15-4-2-1-3-5-15)29-24(36)19-11-16(28-23(35)18-12-26-7-8-27-18)6-9-30(19)20(31)13-37-14-21(32)33/h1-5,7-8,12,16-17,19H,6,9-11,13-14H2,(H2,25,34)(H,28,35)(H,29,36)(H,32,33)/t16-,17+,19+/m0/s1. The Morgan fingerprint density at radius 3 is 2.54 bits per heavy atom. The summed E-state index contributed by atoms with van der Waals surface area (Å²) in [4.78, 5) is 70.5. The number of carboxylic acid groups (broad SMARTS) is 1. The number of carboxylic acids is 1. The van der Waals surface area contributed by atoms with Crippen molar-refractivity contribution in [1.29, 1.82) is 0 Å². The Labute approximate surface area is 212 Å². The van der Waals surface area contributed by atoms with Gasteiger partial charge in [-0.25, -0.2) is 9.78 Å². The molecule has 2 aromatic rings. The topological polar surface area (TPSA) is 194 Å². The summed E-state index contributed by atoms with van der Waals surface area (Å²) in [5, 5.41) is 14.2. The molecule has 0 aliphatic carbocycles. The number of aromatic nitrogens is 2. The molecule has 13 nitrogen and oxygen atoms in total. The molecule has 1 aromatic heterocycles. The van der Waals surface area contributed by atoms with Gasteiger partial charge in [-0.3, -0.25) is 24.2 Å². The van der Waals surface area contributed by atoms with Crippen molar-refractivity contribution >= 4 is 29.6 Å². The number of carbonyl (C=O) groups is 5. The van der Waals surface area contributed by atoms with Crippen LogP contribution in [0.3, 0.4) is 0 Å². The molecule has 0 unspecified atom stereocenters. The lowest BCUT2D eigenvalue weighted by atomic mass is 9.95. The summed E-state index contributed by atoms with van der Waals surface area (Å²) < 4.78 is 4.90.